The summed E-state index contributed by atoms with van der Waals surface area (Å²) in [6.45, 7) is 6.19. The molecule has 0 fully saturated rings. The van der Waals surface area contributed by atoms with E-state index in [1.165, 1.54) is 4.31 Å². The number of fused-ring (bicyclic) bond motifs is 1. The molecule has 0 bridgehead atoms. The van der Waals surface area contributed by atoms with Gasteiger partial charge in [-0.2, -0.15) is 4.31 Å². The van der Waals surface area contributed by atoms with Crippen LogP contribution >= 0.6 is 0 Å². The van der Waals surface area contributed by atoms with Crippen molar-refractivity contribution < 1.29 is 8.42 Å². The largest absolute Gasteiger partial charge is 0.243 e. The Balaban J connectivity index is 2.63. The molecule has 0 heterocycles. The Hall–Kier alpha value is -1.65. The van der Waals surface area contributed by atoms with Gasteiger partial charge in [0.2, 0.25) is 10.0 Å². The monoisotopic (exact) mass is 275 g/mol. The maximum absolute atomic E-state index is 12.6. The summed E-state index contributed by atoms with van der Waals surface area (Å²) in [5.41, 5.74) is 0. The van der Waals surface area contributed by atoms with Gasteiger partial charge in [0.05, 0.1) is 4.90 Å². The fourth-order valence-corrected chi connectivity index (χ4v) is 3.73. The van der Waals surface area contributed by atoms with E-state index in [0.717, 1.165) is 10.8 Å². The summed E-state index contributed by atoms with van der Waals surface area (Å²) in [5.74, 6) is 0. The van der Waals surface area contributed by atoms with Crippen LogP contribution in [0.3, 0.4) is 0 Å². The molecule has 0 aliphatic heterocycles. The highest BCUT2D eigenvalue weighted by molar-refractivity contribution is 7.89. The number of sulfonamides is 1. The second-order valence-electron chi connectivity index (χ2n) is 4.22. The highest BCUT2D eigenvalue weighted by Crippen LogP contribution is 2.25. The fourth-order valence-electron chi connectivity index (χ4n) is 2.10. The van der Waals surface area contributed by atoms with Crippen molar-refractivity contribution in [2.24, 2.45) is 0 Å². The lowest BCUT2D eigenvalue weighted by molar-refractivity contribution is 0.460. The van der Waals surface area contributed by atoms with Crippen LogP contribution in [0.15, 0.2) is 60.0 Å². The standard InChI is InChI=1S/C15H17NO2S/c1-3-12-16(4-2)19(17,18)15-11-7-9-13-8-5-6-10-14(13)15/h3,5-11H,1,4,12H2,2H3. The minimum absolute atomic E-state index is 0.321. The van der Waals surface area contributed by atoms with E-state index in [9.17, 15) is 8.42 Å². The molecule has 0 aliphatic carbocycles. The summed E-state index contributed by atoms with van der Waals surface area (Å²) < 4.78 is 26.7. The quantitative estimate of drug-likeness (QED) is 0.787. The first-order valence-corrected chi connectivity index (χ1v) is 7.64. The Kier molecular flexibility index (Phi) is 4.02. The molecule has 3 nitrogen and oxygen atoms in total. The van der Waals surface area contributed by atoms with Crippen LogP contribution in [0.25, 0.3) is 10.8 Å². The predicted molar refractivity (Wildman–Crippen MR) is 78.6 cm³/mol. The molecule has 4 heteroatoms. The van der Waals surface area contributed by atoms with Gasteiger partial charge in [-0.3, -0.25) is 0 Å². The number of likely N-dealkylation sites (N-methyl/N-ethyl adjacent to an activating group) is 1. The number of benzene rings is 2. The minimum atomic E-state index is -3.48. The molecule has 0 aromatic heterocycles. The third kappa shape index (κ3) is 2.55. The minimum Gasteiger partial charge on any atom is -0.207 e. The van der Waals surface area contributed by atoms with Gasteiger partial charge in [-0.1, -0.05) is 49.4 Å². The summed E-state index contributed by atoms with van der Waals surface area (Å²) in [7, 11) is -3.48. The first kappa shape index (κ1) is 13.8. The topological polar surface area (TPSA) is 37.4 Å². The molecule has 2 aromatic rings. The second kappa shape index (κ2) is 5.55. The molecule has 0 saturated heterocycles. The normalized spacial score (nSPS) is 11.9. The van der Waals surface area contributed by atoms with E-state index < -0.39 is 10.0 Å². The van der Waals surface area contributed by atoms with Crippen LogP contribution in [0, 0.1) is 0 Å². The summed E-state index contributed by atoms with van der Waals surface area (Å²) >= 11 is 0. The smallest absolute Gasteiger partial charge is 0.207 e. The zero-order valence-corrected chi connectivity index (χ0v) is 11.7. The van der Waals surface area contributed by atoms with Crippen molar-refractivity contribution in [2.45, 2.75) is 11.8 Å². The lowest BCUT2D eigenvalue weighted by Gasteiger charge is -2.19. The number of hydrogen-bond acceptors (Lipinski definition) is 2. The van der Waals surface area contributed by atoms with Crippen molar-refractivity contribution in [1.29, 1.82) is 0 Å². The maximum Gasteiger partial charge on any atom is 0.243 e. The van der Waals surface area contributed by atoms with Gasteiger partial charge in [0.15, 0.2) is 0 Å². The molecular formula is C15H17NO2S. The van der Waals surface area contributed by atoms with Crippen molar-refractivity contribution in [2.75, 3.05) is 13.1 Å². The van der Waals surface area contributed by atoms with Crippen LogP contribution in [0.2, 0.25) is 0 Å². The van der Waals surface area contributed by atoms with E-state index in [1.54, 1.807) is 18.2 Å². The van der Waals surface area contributed by atoms with Gasteiger partial charge < -0.3 is 0 Å². The molecule has 19 heavy (non-hydrogen) atoms. The van der Waals surface area contributed by atoms with E-state index in [0.29, 0.717) is 18.0 Å². The summed E-state index contributed by atoms with van der Waals surface area (Å²) in [6.07, 6.45) is 1.60. The molecule has 2 rings (SSSR count). The molecule has 0 radical (unpaired) electrons. The molecule has 0 spiro atoms. The highest BCUT2D eigenvalue weighted by atomic mass is 32.2. The Morgan fingerprint density at radius 2 is 1.84 bits per heavy atom. The van der Waals surface area contributed by atoms with Crippen LogP contribution in [-0.2, 0) is 10.0 Å². The molecule has 0 saturated carbocycles. The SMILES string of the molecule is C=CCN(CC)S(=O)(=O)c1cccc2ccccc12. The molecule has 2 aromatic carbocycles. The molecule has 0 aliphatic rings. The van der Waals surface area contributed by atoms with Gasteiger partial charge in [-0.25, -0.2) is 8.42 Å². The van der Waals surface area contributed by atoms with Crippen molar-refractivity contribution >= 4 is 20.8 Å². The molecule has 100 valence electrons. The molecule has 0 atom stereocenters. The third-order valence-corrected chi connectivity index (χ3v) is 5.05. The van der Waals surface area contributed by atoms with Crippen LogP contribution in [0.1, 0.15) is 6.92 Å². The van der Waals surface area contributed by atoms with Gasteiger partial charge in [-0.05, 0) is 11.5 Å². The van der Waals surface area contributed by atoms with Crippen LogP contribution < -0.4 is 0 Å². The van der Waals surface area contributed by atoms with E-state index in [1.807, 2.05) is 37.3 Å². The van der Waals surface area contributed by atoms with E-state index in [4.69, 9.17) is 0 Å². The molecular weight excluding hydrogens is 258 g/mol. The maximum atomic E-state index is 12.6. The van der Waals surface area contributed by atoms with Crippen molar-refractivity contribution in [3.63, 3.8) is 0 Å². The molecule has 0 unspecified atom stereocenters. The summed E-state index contributed by atoms with van der Waals surface area (Å²) in [6, 6.07) is 12.9. The Morgan fingerprint density at radius 1 is 1.16 bits per heavy atom. The average molecular weight is 275 g/mol. The van der Waals surface area contributed by atoms with Crippen LogP contribution in [-0.4, -0.2) is 25.8 Å². The van der Waals surface area contributed by atoms with Gasteiger partial charge in [0, 0.05) is 18.5 Å². The van der Waals surface area contributed by atoms with E-state index in [2.05, 4.69) is 6.58 Å². The number of rotatable bonds is 5. The average Bonchev–Trinajstić information content (AvgIpc) is 2.43. The van der Waals surface area contributed by atoms with Crippen molar-refractivity contribution in [3.8, 4) is 0 Å². The number of nitrogens with zero attached hydrogens (tertiary/aromatic N) is 1. The van der Waals surface area contributed by atoms with Crippen molar-refractivity contribution in [3.05, 3.63) is 55.1 Å². The van der Waals surface area contributed by atoms with Gasteiger partial charge >= 0.3 is 0 Å². The lowest BCUT2D eigenvalue weighted by Crippen LogP contribution is -2.31. The highest BCUT2D eigenvalue weighted by Gasteiger charge is 2.23. The third-order valence-electron chi connectivity index (χ3n) is 3.05. The van der Waals surface area contributed by atoms with E-state index >= 15 is 0 Å². The Morgan fingerprint density at radius 3 is 2.53 bits per heavy atom. The Bertz CT molecular complexity index is 687. The first-order valence-electron chi connectivity index (χ1n) is 6.20. The zero-order chi connectivity index (χ0) is 13.9. The summed E-state index contributed by atoms with van der Waals surface area (Å²) in [4.78, 5) is 0.356. The first-order chi connectivity index (χ1) is 9.11. The van der Waals surface area contributed by atoms with Crippen LogP contribution in [0.5, 0.6) is 0 Å². The zero-order valence-electron chi connectivity index (χ0n) is 10.9. The van der Waals surface area contributed by atoms with Crippen molar-refractivity contribution in [1.82, 2.24) is 4.31 Å². The summed E-state index contributed by atoms with van der Waals surface area (Å²) in [5, 5.41) is 1.69. The predicted octanol–water partition coefficient (Wildman–Crippen LogP) is 3.04. The number of hydrogen-bond donors (Lipinski definition) is 0. The van der Waals surface area contributed by atoms with E-state index in [-0.39, 0.29) is 0 Å². The van der Waals surface area contributed by atoms with Crippen LogP contribution in [0.4, 0.5) is 0 Å². The Labute approximate surface area is 114 Å². The van der Waals surface area contributed by atoms with Gasteiger partial charge in [0.1, 0.15) is 0 Å². The second-order valence-corrected chi connectivity index (χ2v) is 6.13. The lowest BCUT2D eigenvalue weighted by atomic mass is 10.1. The molecule has 0 amide bonds. The van der Waals surface area contributed by atoms with Gasteiger partial charge in [0.25, 0.3) is 0 Å². The molecule has 0 N–H and O–H groups in total. The fraction of sp³-hybridized carbons (Fsp3) is 0.200. The van der Waals surface area contributed by atoms with Gasteiger partial charge in [-0.15, -0.1) is 6.58 Å².